The number of amides is 1. The predicted molar refractivity (Wildman–Crippen MR) is 139 cm³/mol. The average Bonchev–Trinajstić information content (AvgIpc) is 2.91. The van der Waals surface area contributed by atoms with Crippen molar-refractivity contribution < 1.29 is 22.7 Å². The summed E-state index contributed by atoms with van der Waals surface area (Å²) in [7, 11) is -2.22. The number of carbonyl (C=O) groups is 1. The number of anilines is 1. The fraction of sp³-hybridized carbons (Fsp3) is 0.296. The molecule has 1 aliphatic heterocycles. The van der Waals surface area contributed by atoms with E-state index < -0.39 is 10.0 Å². The monoisotopic (exact) mass is 509 g/mol. The molecule has 0 spiro atoms. The lowest BCUT2D eigenvalue weighted by molar-refractivity contribution is 0.0162. The molecule has 9 heteroatoms. The molecule has 0 radical (unpaired) electrons. The first-order valence-electron chi connectivity index (χ1n) is 11.8. The number of ether oxygens (including phenoxy) is 2. The number of benzene rings is 3. The Hall–Kier alpha value is -3.40. The van der Waals surface area contributed by atoms with Crippen LogP contribution in [0, 0.1) is 6.92 Å². The minimum absolute atomic E-state index is 0.0237. The lowest BCUT2D eigenvalue weighted by atomic mass is 10.0. The van der Waals surface area contributed by atoms with Crippen molar-refractivity contribution in [3.8, 4) is 5.75 Å². The minimum atomic E-state index is -3.84. The molecule has 4 rings (SSSR count). The van der Waals surface area contributed by atoms with E-state index >= 15 is 0 Å². The molecule has 3 aromatic carbocycles. The molecule has 36 heavy (non-hydrogen) atoms. The van der Waals surface area contributed by atoms with E-state index in [1.807, 2.05) is 43.3 Å². The third kappa shape index (κ3) is 6.42. The van der Waals surface area contributed by atoms with Crippen molar-refractivity contribution in [3.05, 3.63) is 89.5 Å². The fourth-order valence-corrected chi connectivity index (χ4v) is 5.21. The Kier molecular flexibility index (Phi) is 8.25. The Morgan fingerprint density at radius 3 is 2.39 bits per heavy atom. The van der Waals surface area contributed by atoms with E-state index in [9.17, 15) is 13.2 Å². The first kappa shape index (κ1) is 25.7. The molecule has 0 aromatic heterocycles. The van der Waals surface area contributed by atoms with E-state index in [1.54, 1.807) is 31.4 Å². The molecule has 0 unspecified atom stereocenters. The fourth-order valence-electron chi connectivity index (χ4n) is 4.10. The van der Waals surface area contributed by atoms with Gasteiger partial charge in [0.05, 0.1) is 31.3 Å². The minimum Gasteiger partial charge on any atom is -0.497 e. The number of carbonyl (C=O) groups excluding carboxylic acids is 1. The lowest BCUT2D eigenvalue weighted by Gasteiger charge is -2.35. The zero-order valence-corrected chi connectivity index (χ0v) is 21.3. The van der Waals surface area contributed by atoms with Crippen molar-refractivity contribution in [2.75, 3.05) is 44.7 Å². The molecular weight excluding hydrogens is 478 g/mol. The van der Waals surface area contributed by atoms with Crippen LogP contribution in [0.4, 0.5) is 5.69 Å². The summed E-state index contributed by atoms with van der Waals surface area (Å²) in [4.78, 5) is 15.3. The molecule has 1 fully saturated rings. The van der Waals surface area contributed by atoms with Crippen LogP contribution in [-0.4, -0.2) is 59.2 Å². The molecule has 2 N–H and O–H groups in total. The van der Waals surface area contributed by atoms with Gasteiger partial charge in [0.1, 0.15) is 5.75 Å². The SMILES string of the molecule is COc1ccc([C@H](CNC(=O)c2cccc(S(=O)(=O)Nc3ccc(C)cc3)c2)N2CCOCC2)cc1. The molecule has 8 nitrogen and oxygen atoms in total. The smallest absolute Gasteiger partial charge is 0.261 e. The molecule has 190 valence electrons. The summed E-state index contributed by atoms with van der Waals surface area (Å²) in [6, 6.07) is 20.8. The average molecular weight is 510 g/mol. The standard InChI is InChI=1S/C27H31N3O5S/c1-20-6-10-23(11-7-20)29-36(32,33)25-5-3-4-22(18-25)27(31)28-19-26(30-14-16-35-17-15-30)21-8-12-24(34-2)13-9-21/h3-13,18,26,29H,14-17,19H2,1-2H3,(H,28,31)/t26-/m0/s1. The van der Waals surface area contributed by atoms with Gasteiger partial charge in [0, 0.05) is 30.9 Å². The molecule has 0 saturated carbocycles. The highest BCUT2D eigenvalue weighted by atomic mass is 32.2. The second-order valence-corrected chi connectivity index (χ2v) is 10.3. The Morgan fingerprint density at radius 2 is 1.72 bits per heavy atom. The van der Waals surface area contributed by atoms with Crippen LogP contribution in [0.25, 0.3) is 0 Å². The number of nitrogens with one attached hydrogen (secondary N) is 2. The Labute approximate surface area is 212 Å². The number of nitrogens with zero attached hydrogens (tertiary/aromatic N) is 1. The number of aryl methyl sites for hydroxylation is 1. The van der Waals surface area contributed by atoms with Gasteiger partial charge in [-0.25, -0.2) is 8.42 Å². The molecule has 1 atom stereocenters. The second-order valence-electron chi connectivity index (χ2n) is 8.65. The van der Waals surface area contributed by atoms with Crippen LogP contribution in [-0.2, 0) is 14.8 Å². The van der Waals surface area contributed by atoms with Gasteiger partial charge in [-0.1, -0.05) is 35.9 Å². The highest BCUT2D eigenvalue weighted by Gasteiger charge is 2.24. The topological polar surface area (TPSA) is 97.0 Å². The number of hydrogen-bond acceptors (Lipinski definition) is 6. The van der Waals surface area contributed by atoms with Crippen LogP contribution in [0.1, 0.15) is 27.5 Å². The van der Waals surface area contributed by atoms with Crippen molar-refractivity contribution >= 4 is 21.6 Å². The third-order valence-electron chi connectivity index (χ3n) is 6.15. The van der Waals surface area contributed by atoms with Gasteiger partial charge in [0.2, 0.25) is 0 Å². The van der Waals surface area contributed by atoms with Crippen LogP contribution in [0.2, 0.25) is 0 Å². The van der Waals surface area contributed by atoms with Crippen LogP contribution < -0.4 is 14.8 Å². The molecule has 1 saturated heterocycles. The number of rotatable bonds is 9. The van der Waals surface area contributed by atoms with Crippen LogP contribution >= 0.6 is 0 Å². The van der Waals surface area contributed by atoms with Crippen molar-refractivity contribution in [2.24, 2.45) is 0 Å². The zero-order valence-electron chi connectivity index (χ0n) is 20.4. The van der Waals surface area contributed by atoms with E-state index in [0.717, 1.165) is 30.0 Å². The molecule has 1 aliphatic rings. The van der Waals surface area contributed by atoms with E-state index in [1.165, 1.54) is 12.1 Å². The molecule has 0 aliphatic carbocycles. The van der Waals surface area contributed by atoms with Crippen molar-refractivity contribution in [1.29, 1.82) is 0 Å². The lowest BCUT2D eigenvalue weighted by Crippen LogP contribution is -2.43. The van der Waals surface area contributed by atoms with Gasteiger partial charge < -0.3 is 14.8 Å². The Balaban J connectivity index is 1.48. The quantitative estimate of drug-likeness (QED) is 0.458. The van der Waals surface area contributed by atoms with Crippen LogP contribution in [0.5, 0.6) is 5.75 Å². The molecule has 0 bridgehead atoms. The largest absolute Gasteiger partial charge is 0.497 e. The Morgan fingerprint density at radius 1 is 1.03 bits per heavy atom. The number of methoxy groups -OCH3 is 1. The van der Waals surface area contributed by atoms with Crippen LogP contribution in [0.15, 0.2) is 77.7 Å². The van der Waals surface area contributed by atoms with Crippen LogP contribution in [0.3, 0.4) is 0 Å². The number of morpholine rings is 1. The summed E-state index contributed by atoms with van der Waals surface area (Å²) in [6.45, 7) is 5.07. The summed E-state index contributed by atoms with van der Waals surface area (Å²) in [6.07, 6.45) is 0. The van der Waals surface area contributed by atoms with Gasteiger partial charge in [-0.2, -0.15) is 0 Å². The number of sulfonamides is 1. The first-order chi connectivity index (χ1) is 17.4. The maximum atomic E-state index is 13.0. The van der Waals surface area contributed by atoms with Gasteiger partial charge in [-0.05, 0) is 55.0 Å². The van der Waals surface area contributed by atoms with Gasteiger partial charge in [-0.3, -0.25) is 14.4 Å². The van der Waals surface area contributed by atoms with E-state index in [-0.39, 0.29) is 22.4 Å². The summed E-state index contributed by atoms with van der Waals surface area (Å²) in [5.74, 6) is 0.426. The summed E-state index contributed by atoms with van der Waals surface area (Å²) >= 11 is 0. The molecule has 1 heterocycles. The predicted octanol–water partition coefficient (Wildman–Crippen LogP) is 3.61. The van der Waals surface area contributed by atoms with E-state index in [2.05, 4.69) is 14.9 Å². The van der Waals surface area contributed by atoms with Crippen molar-refractivity contribution in [3.63, 3.8) is 0 Å². The maximum Gasteiger partial charge on any atom is 0.261 e. The van der Waals surface area contributed by atoms with E-state index in [4.69, 9.17) is 9.47 Å². The van der Waals surface area contributed by atoms with Crippen molar-refractivity contribution in [1.82, 2.24) is 10.2 Å². The number of hydrogen-bond donors (Lipinski definition) is 2. The van der Waals surface area contributed by atoms with Gasteiger partial charge in [0.15, 0.2) is 0 Å². The maximum absolute atomic E-state index is 13.0. The van der Waals surface area contributed by atoms with Gasteiger partial charge in [-0.15, -0.1) is 0 Å². The summed E-state index contributed by atoms with van der Waals surface area (Å²) in [5.41, 5.74) is 2.82. The second kappa shape index (κ2) is 11.6. The normalized spacial score (nSPS) is 15.2. The Bertz CT molecular complexity index is 1270. The van der Waals surface area contributed by atoms with Gasteiger partial charge >= 0.3 is 0 Å². The molecular formula is C27H31N3O5S. The highest BCUT2D eigenvalue weighted by molar-refractivity contribution is 7.92. The van der Waals surface area contributed by atoms with E-state index in [0.29, 0.717) is 25.4 Å². The zero-order chi connectivity index (χ0) is 25.5. The summed E-state index contributed by atoms with van der Waals surface area (Å²) < 4.78 is 39.1. The summed E-state index contributed by atoms with van der Waals surface area (Å²) in [5, 5.41) is 2.99. The molecule has 3 aromatic rings. The van der Waals surface area contributed by atoms with Gasteiger partial charge in [0.25, 0.3) is 15.9 Å². The first-order valence-corrected chi connectivity index (χ1v) is 13.3. The highest BCUT2D eigenvalue weighted by Crippen LogP contribution is 2.24. The van der Waals surface area contributed by atoms with Crippen molar-refractivity contribution in [2.45, 2.75) is 17.9 Å². The third-order valence-corrected chi connectivity index (χ3v) is 7.53. The molecule has 1 amide bonds.